The average Bonchev–Trinajstić information content (AvgIpc) is 3.02. The lowest BCUT2D eigenvalue weighted by atomic mass is 10.1. The van der Waals surface area contributed by atoms with Gasteiger partial charge in [0.15, 0.2) is 0 Å². The van der Waals surface area contributed by atoms with Gasteiger partial charge in [0, 0.05) is 11.7 Å². The van der Waals surface area contributed by atoms with E-state index >= 15 is 0 Å². The van der Waals surface area contributed by atoms with Crippen LogP contribution in [-0.4, -0.2) is 14.5 Å². The summed E-state index contributed by atoms with van der Waals surface area (Å²) in [6, 6.07) is 2.73. The third-order valence-corrected chi connectivity index (χ3v) is 3.66. The highest BCUT2D eigenvalue weighted by Crippen LogP contribution is 2.35. The minimum atomic E-state index is -4.63. The summed E-state index contributed by atoms with van der Waals surface area (Å²) in [4.78, 5) is 0. The third kappa shape index (κ3) is 3.74. The second-order valence-electron chi connectivity index (χ2n) is 4.30. The van der Waals surface area contributed by atoms with Gasteiger partial charge in [0.25, 0.3) is 10.2 Å². The summed E-state index contributed by atoms with van der Waals surface area (Å²) in [5.74, 6) is 0. The summed E-state index contributed by atoms with van der Waals surface area (Å²) < 4.78 is 65.3. The molecule has 0 amide bonds. The van der Waals surface area contributed by atoms with E-state index in [0.717, 1.165) is 18.9 Å². The van der Waals surface area contributed by atoms with Gasteiger partial charge >= 0.3 is 6.18 Å². The molecule has 0 aromatic heterocycles. The Kier molecular flexibility index (Phi) is 3.35. The van der Waals surface area contributed by atoms with Gasteiger partial charge < -0.3 is 5.73 Å². The molecule has 1 saturated carbocycles. The van der Waals surface area contributed by atoms with Crippen molar-refractivity contribution >= 4 is 21.6 Å². The first-order valence-electron chi connectivity index (χ1n) is 5.44. The summed E-state index contributed by atoms with van der Waals surface area (Å²) in [5, 5.41) is 0. The molecule has 9 heteroatoms. The van der Waals surface area contributed by atoms with E-state index in [2.05, 4.69) is 4.72 Å². The second-order valence-corrected chi connectivity index (χ2v) is 5.74. The monoisotopic (exact) mass is 295 g/mol. The summed E-state index contributed by atoms with van der Waals surface area (Å²) >= 11 is 0. The van der Waals surface area contributed by atoms with Crippen LogP contribution in [0.3, 0.4) is 0 Å². The van der Waals surface area contributed by atoms with Crippen LogP contribution in [0.2, 0.25) is 0 Å². The van der Waals surface area contributed by atoms with Gasteiger partial charge in [-0.1, -0.05) is 0 Å². The average molecular weight is 295 g/mol. The Bertz CT molecular complexity index is 582. The van der Waals surface area contributed by atoms with Crippen LogP contribution in [0.15, 0.2) is 18.2 Å². The van der Waals surface area contributed by atoms with Gasteiger partial charge in [0.05, 0.1) is 11.3 Å². The van der Waals surface area contributed by atoms with Crippen molar-refractivity contribution in [1.29, 1.82) is 0 Å². The Morgan fingerprint density at radius 1 is 1.26 bits per heavy atom. The molecule has 2 rings (SSSR count). The van der Waals surface area contributed by atoms with Crippen molar-refractivity contribution in [3.63, 3.8) is 0 Å². The smallest absolute Gasteiger partial charge is 0.398 e. The lowest BCUT2D eigenvalue weighted by Crippen LogP contribution is -2.31. The molecule has 0 saturated heterocycles. The molecule has 0 atom stereocenters. The maximum atomic E-state index is 12.6. The van der Waals surface area contributed by atoms with Crippen molar-refractivity contribution in [2.75, 3.05) is 10.5 Å². The van der Waals surface area contributed by atoms with Crippen LogP contribution >= 0.6 is 0 Å². The number of anilines is 2. The summed E-state index contributed by atoms with van der Waals surface area (Å²) in [7, 11) is -3.85. The van der Waals surface area contributed by atoms with Crippen LogP contribution in [0, 0.1) is 0 Å². The number of hydrogen-bond donors (Lipinski definition) is 3. The molecule has 4 N–H and O–H groups in total. The van der Waals surface area contributed by atoms with Gasteiger partial charge in [-0.05, 0) is 31.0 Å². The van der Waals surface area contributed by atoms with E-state index < -0.39 is 27.6 Å². The number of benzene rings is 1. The van der Waals surface area contributed by atoms with E-state index in [0.29, 0.717) is 6.07 Å². The van der Waals surface area contributed by atoms with E-state index in [1.54, 1.807) is 0 Å². The van der Waals surface area contributed by atoms with Crippen LogP contribution in [0.5, 0.6) is 0 Å². The molecule has 1 aliphatic rings. The first-order valence-corrected chi connectivity index (χ1v) is 6.92. The largest absolute Gasteiger partial charge is 0.418 e. The Morgan fingerprint density at radius 2 is 1.89 bits per heavy atom. The van der Waals surface area contributed by atoms with E-state index in [9.17, 15) is 21.6 Å². The second kappa shape index (κ2) is 4.57. The van der Waals surface area contributed by atoms with E-state index in [4.69, 9.17) is 5.73 Å². The lowest BCUT2D eigenvalue weighted by molar-refractivity contribution is -0.136. The first kappa shape index (κ1) is 13.9. The molecular weight excluding hydrogens is 283 g/mol. The van der Waals surface area contributed by atoms with E-state index in [-0.39, 0.29) is 11.7 Å². The van der Waals surface area contributed by atoms with Crippen LogP contribution < -0.4 is 15.2 Å². The molecule has 0 aliphatic heterocycles. The standard InChI is InChI=1S/C10H12F3N3O2S/c11-10(12,13)8-5-7(3-4-9(8)14)16-19(17,18)15-6-1-2-6/h3-6,15-16H,1-2,14H2. The number of rotatable bonds is 4. The Balaban J connectivity index is 2.21. The Hall–Kier alpha value is -1.48. The zero-order valence-electron chi connectivity index (χ0n) is 9.66. The first-order chi connectivity index (χ1) is 8.67. The molecule has 1 aromatic rings. The third-order valence-electron chi connectivity index (χ3n) is 2.51. The number of nitrogens with one attached hydrogen (secondary N) is 2. The van der Waals surface area contributed by atoms with Crippen LogP contribution in [-0.2, 0) is 16.4 Å². The summed E-state index contributed by atoms with van der Waals surface area (Å²) in [6.45, 7) is 0. The Labute approximate surface area is 108 Å². The molecule has 0 heterocycles. The molecule has 1 aromatic carbocycles. The zero-order chi connectivity index (χ0) is 14.3. The molecule has 0 spiro atoms. The van der Waals surface area contributed by atoms with Gasteiger partial charge in [-0.2, -0.15) is 26.3 Å². The van der Waals surface area contributed by atoms with Crippen molar-refractivity contribution in [2.24, 2.45) is 0 Å². The maximum absolute atomic E-state index is 12.6. The molecule has 1 aliphatic carbocycles. The summed E-state index contributed by atoms with van der Waals surface area (Å²) in [5.41, 5.74) is 3.51. The van der Waals surface area contributed by atoms with Gasteiger partial charge in [0.1, 0.15) is 0 Å². The van der Waals surface area contributed by atoms with Gasteiger partial charge in [0.2, 0.25) is 0 Å². The fraction of sp³-hybridized carbons (Fsp3) is 0.400. The van der Waals surface area contributed by atoms with Crippen molar-refractivity contribution in [1.82, 2.24) is 4.72 Å². The van der Waals surface area contributed by atoms with Crippen LogP contribution in [0.1, 0.15) is 18.4 Å². The molecule has 0 bridgehead atoms. The van der Waals surface area contributed by atoms with Gasteiger partial charge in [-0.15, -0.1) is 0 Å². The number of hydrogen-bond acceptors (Lipinski definition) is 3. The molecule has 5 nitrogen and oxygen atoms in total. The number of nitrogens with two attached hydrogens (primary N) is 1. The highest BCUT2D eigenvalue weighted by molar-refractivity contribution is 7.90. The highest BCUT2D eigenvalue weighted by atomic mass is 32.2. The Morgan fingerprint density at radius 3 is 2.42 bits per heavy atom. The van der Waals surface area contributed by atoms with Crippen molar-refractivity contribution < 1.29 is 21.6 Å². The van der Waals surface area contributed by atoms with Crippen molar-refractivity contribution in [2.45, 2.75) is 25.1 Å². The number of halogens is 3. The molecule has 19 heavy (non-hydrogen) atoms. The van der Waals surface area contributed by atoms with Crippen molar-refractivity contribution in [3.05, 3.63) is 23.8 Å². The molecular formula is C10H12F3N3O2S. The quantitative estimate of drug-likeness (QED) is 0.739. The van der Waals surface area contributed by atoms with E-state index in [1.807, 2.05) is 4.72 Å². The summed E-state index contributed by atoms with van der Waals surface area (Å²) in [6.07, 6.45) is -3.16. The maximum Gasteiger partial charge on any atom is 0.418 e. The van der Waals surface area contributed by atoms with Crippen molar-refractivity contribution in [3.8, 4) is 0 Å². The lowest BCUT2D eigenvalue weighted by Gasteiger charge is -2.13. The van der Waals surface area contributed by atoms with Gasteiger partial charge in [-0.3, -0.25) is 4.72 Å². The minimum Gasteiger partial charge on any atom is -0.398 e. The predicted octanol–water partition coefficient (Wildman–Crippen LogP) is 1.70. The molecule has 1 fully saturated rings. The topological polar surface area (TPSA) is 84.2 Å². The van der Waals surface area contributed by atoms with E-state index in [1.165, 1.54) is 6.07 Å². The van der Waals surface area contributed by atoms with Gasteiger partial charge in [-0.25, -0.2) is 0 Å². The fourth-order valence-corrected chi connectivity index (χ4v) is 2.64. The molecule has 106 valence electrons. The number of nitrogen functional groups attached to an aromatic ring is 1. The van der Waals surface area contributed by atoms with Crippen LogP contribution in [0.4, 0.5) is 24.5 Å². The predicted molar refractivity (Wildman–Crippen MR) is 64.6 cm³/mol. The molecule has 0 radical (unpaired) electrons. The minimum absolute atomic E-state index is 0.131. The normalized spacial score (nSPS) is 16.4. The number of alkyl halides is 3. The molecule has 0 unspecified atom stereocenters. The SMILES string of the molecule is Nc1ccc(NS(=O)(=O)NC2CC2)cc1C(F)(F)F. The fourth-order valence-electron chi connectivity index (χ4n) is 1.47. The highest BCUT2D eigenvalue weighted by Gasteiger charge is 2.33. The van der Waals surface area contributed by atoms with Crippen LogP contribution in [0.25, 0.3) is 0 Å². The zero-order valence-corrected chi connectivity index (χ0v) is 10.5.